The molecule has 3 N–H and O–H groups in total. The van der Waals surface area contributed by atoms with E-state index in [-0.39, 0.29) is 22.9 Å². The van der Waals surface area contributed by atoms with Gasteiger partial charge in [0.15, 0.2) is 10.4 Å². The number of anilines is 1. The van der Waals surface area contributed by atoms with E-state index in [0.29, 0.717) is 17.0 Å². The Kier molecular flexibility index (Phi) is 3.80. The van der Waals surface area contributed by atoms with Crippen LogP contribution in [0.5, 0.6) is 5.75 Å². The fourth-order valence-corrected chi connectivity index (χ4v) is 2.02. The summed E-state index contributed by atoms with van der Waals surface area (Å²) in [5.41, 5.74) is 5.92. The minimum atomic E-state index is -0.322. The largest absolute Gasteiger partial charge is 0.505 e. The molecule has 19 heavy (non-hydrogen) atoms. The Balaban J connectivity index is 2.17. The van der Waals surface area contributed by atoms with Gasteiger partial charge in [0.25, 0.3) is 5.91 Å². The van der Waals surface area contributed by atoms with Crippen LogP contribution in [-0.4, -0.2) is 23.0 Å². The number of nitrogen functional groups attached to an aromatic ring is 1. The highest BCUT2D eigenvalue weighted by Crippen LogP contribution is 2.26. The number of rotatable bonds is 3. The Bertz CT molecular complexity index is 610. The second-order valence-electron chi connectivity index (χ2n) is 4.11. The second kappa shape index (κ2) is 5.36. The summed E-state index contributed by atoms with van der Waals surface area (Å²) in [5.74, 6) is 0.128. The molecule has 0 saturated heterocycles. The zero-order valence-corrected chi connectivity index (χ0v) is 11.8. The van der Waals surface area contributed by atoms with Crippen LogP contribution in [0.25, 0.3) is 0 Å². The number of phenolic OH excluding ortho intramolecular Hbond substituents is 1. The van der Waals surface area contributed by atoms with Gasteiger partial charge in [0, 0.05) is 7.05 Å². The zero-order valence-electron chi connectivity index (χ0n) is 10.3. The smallest absolute Gasteiger partial charge is 0.257 e. The maximum absolute atomic E-state index is 12.2. The van der Waals surface area contributed by atoms with E-state index in [9.17, 15) is 9.90 Å². The Morgan fingerprint density at radius 1 is 1.42 bits per heavy atom. The summed E-state index contributed by atoms with van der Waals surface area (Å²) in [7, 11) is 1.63. The van der Waals surface area contributed by atoms with E-state index in [1.165, 1.54) is 17.0 Å². The van der Waals surface area contributed by atoms with Gasteiger partial charge >= 0.3 is 0 Å². The van der Waals surface area contributed by atoms with E-state index in [1.54, 1.807) is 25.2 Å². The lowest BCUT2D eigenvalue weighted by molar-refractivity contribution is 0.0772. The van der Waals surface area contributed by atoms with Crippen LogP contribution < -0.4 is 5.73 Å². The van der Waals surface area contributed by atoms with Crippen molar-refractivity contribution in [3.05, 3.63) is 46.3 Å². The number of benzene rings is 1. The lowest BCUT2D eigenvalue weighted by atomic mass is 10.1. The number of hydrogen-bond donors (Lipinski definition) is 2. The molecule has 2 aromatic rings. The first-order valence-electron chi connectivity index (χ1n) is 5.56. The number of nitrogens with zero attached hydrogens (tertiary/aromatic N) is 1. The Hall–Kier alpha value is -1.95. The van der Waals surface area contributed by atoms with Gasteiger partial charge in [-0.1, -0.05) is 6.07 Å². The van der Waals surface area contributed by atoms with Crippen molar-refractivity contribution in [3.8, 4) is 5.75 Å². The number of phenols is 1. The lowest BCUT2D eigenvalue weighted by Crippen LogP contribution is -2.26. The third-order valence-corrected chi connectivity index (χ3v) is 3.09. The van der Waals surface area contributed by atoms with Crippen molar-refractivity contribution in [2.24, 2.45) is 0 Å². The maximum atomic E-state index is 12.2. The minimum Gasteiger partial charge on any atom is -0.505 e. The van der Waals surface area contributed by atoms with Crippen molar-refractivity contribution in [1.82, 2.24) is 4.90 Å². The summed E-state index contributed by atoms with van der Waals surface area (Å²) in [6, 6.07) is 8.22. The predicted octanol–water partition coefficient (Wildman–Crippen LogP) is 2.60. The van der Waals surface area contributed by atoms with Gasteiger partial charge < -0.3 is 20.2 Å². The van der Waals surface area contributed by atoms with E-state index in [1.807, 2.05) is 0 Å². The van der Waals surface area contributed by atoms with Crippen molar-refractivity contribution in [3.63, 3.8) is 0 Å². The molecule has 1 amide bonds. The second-order valence-corrected chi connectivity index (χ2v) is 4.89. The molecule has 0 aliphatic rings. The zero-order chi connectivity index (χ0) is 14.0. The number of hydrogen-bond acceptors (Lipinski definition) is 4. The number of carbonyl (C=O) groups is 1. The summed E-state index contributed by atoms with van der Waals surface area (Å²) in [6.45, 7) is 0.304. The normalized spacial score (nSPS) is 10.4. The fourth-order valence-electron chi connectivity index (χ4n) is 1.68. The average Bonchev–Trinajstić information content (AvgIpc) is 2.77. The number of halogens is 1. The first-order valence-corrected chi connectivity index (χ1v) is 6.35. The van der Waals surface area contributed by atoms with Gasteiger partial charge in [0.1, 0.15) is 5.76 Å². The Morgan fingerprint density at radius 2 is 2.16 bits per heavy atom. The van der Waals surface area contributed by atoms with Crippen LogP contribution in [0.2, 0.25) is 0 Å². The summed E-state index contributed by atoms with van der Waals surface area (Å²) in [4.78, 5) is 13.6. The summed E-state index contributed by atoms with van der Waals surface area (Å²) in [5, 5.41) is 9.78. The van der Waals surface area contributed by atoms with Gasteiger partial charge in [0.05, 0.1) is 17.8 Å². The van der Waals surface area contributed by atoms with Crippen LogP contribution in [0.4, 0.5) is 5.69 Å². The molecule has 2 rings (SSSR count). The Morgan fingerprint density at radius 3 is 2.79 bits per heavy atom. The minimum absolute atomic E-state index is 0.174. The first kappa shape index (κ1) is 13.5. The molecule has 0 aliphatic heterocycles. The van der Waals surface area contributed by atoms with E-state index in [0.717, 1.165) is 0 Å². The van der Waals surface area contributed by atoms with Crippen molar-refractivity contribution < 1.29 is 14.3 Å². The highest BCUT2D eigenvalue weighted by atomic mass is 79.9. The molecular weight excluding hydrogens is 312 g/mol. The van der Waals surface area contributed by atoms with Gasteiger partial charge in [-0.15, -0.1) is 0 Å². The van der Waals surface area contributed by atoms with E-state index in [4.69, 9.17) is 10.2 Å². The predicted molar refractivity (Wildman–Crippen MR) is 74.7 cm³/mol. The van der Waals surface area contributed by atoms with Crippen LogP contribution in [0.3, 0.4) is 0 Å². The molecular formula is C13H13BrN2O3. The monoisotopic (exact) mass is 324 g/mol. The van der Waals surface area contributed by atoms with Crippen molar-refractivity contribution >= 4 is 27.5 Å². The molecule has 0 radical (unpaired) electrons. The Labute approximate surface area is 118 Å². The molecule has 0 atom stereocenters. The molecule has 0 aliphatic carbocycles. The number of nitrogens with two attached hydrogens (primary N) is 1. The molecule has 0 fully saturated rings. The SMILES string of the molecule is CN(Cc1ccc(Br)o1)C(=O)c1cccc(N)c1O. The number of para-hydroxylation sites is 1. The van der Waals surface area contributed by atoms with E-state index in [2.05, 4.69) is 15.9 Å². The molecule has 1 aromatic carbocycles. The van der Waals surface area contributed by atoms with Crippen molar-refractivity contribution in [1.29, 1.82) is 0 Å². The lowest BCUT2D eigenvalue weighted by Gasteiger charge is -2.16. The molecule has 6 heteroatoms. The van der Waals surface area contributed by atoms with Gasteiger partial charge in [0.2, 0.25) is 0 Å². The number of aromatic hydroxyl groups is 1. The van der Waals surface area contributed by atoms with Gasteiger partial charge in [-0.3, -0.25) is 4.79 Å². The number of carbonyl (C=O) groups excluding carboxylic acids is 1. The van der Waals surface area contributed by atoms with Crippen molar-refractivity contribution in [2.45, 2.75) is 6.54 Å². The van der Waals surface area contributed by atoms with Crippen LogP contribution in [0.1, 0.15) is 16.1 Å². The fraction of sp³-hybridized carbons (Fsp3) is 0.154. The topological polar surface area (TPSA) is 79.7 Å². The van der Waals surface area contributed by atoms with Gasteiger partial charge in [-0.2, -0.15) is 0 Å². The molecule has 0 unspecified atom stereocenters. The van der Waals surface area contributed by atoms with Gasteiger partial charge in [-0.05, 0) is 40.2 Å². The molecule has 0 saturated carbocycles. The highest BCUT2D eigenvalue weighted by molar-refractivity contribution is 9.10. The standard InChI is InChI=1S/C13H13BrN2O3/c1-16(7-8-5-6-11(14)19-8)13(18)9-3-2-4-10(15)12(9)17/h2-6,17H,7,15H2,1H3. The van der Waals surface area contributed by atoms with Crippen LogP contribution in [0.15, 0.2) is 39.4 Å². The van der Waals surface area contributed by atoms with E-state index < -0.39 is 0 Å². The van der Waals surface area contributed by atoms with Crippen LogP contribution >= 0.6 is 15.9 Å². The number of furan rings is 1. The van der Waals surface area contributed by atoms with Gasteiger partial charge in [-0.25, -0.2) is 0 Å². The average molecular weight is 325 g/mol. The van der Waals surface area contributed by atoms with Crippen LogP contribution in [-0.2, 0) is 6.54 Å². The summed E-state index contributed by atoms with van der Waals surface area (Å²) < 4.78 is 5.94. The van der Waals surface area contributed by atoms with E-state index >= 15 is 0 Å². The van der Waals surface area contributed by atoms with Crippen LogP contribution in [0, 0.1) is 0 Å². The number of amides is 1. The van der Waals surface area contributed by atoms with Crippen molar-refractivity contribution in [2.75, 3.05) is 12.8 Å². The summed E-state index contributed by atoms with van der Waals surface area (Å²) >= 11 is 3.20. The maximum Gasteiger partial charge on any atom is 0.257 e. The molecule has 5 nitrogen and oxygen atoms in total. The quantitative estimate of drug-likeness (QED) is 0.671. The third-order valence-electron chi connectivity index (χ3n) is 2.67. The molecule has 0 bridgehead atoms. The molecule has 1 aromatic heterocycles. The first-order chi connectivity index (χ1) is 8.99. The highest BCUT2D eigenvalue weighted by Gasteiger charge is 2.18. The molecule has 1 heterocycles. The molecule has 0 spiro atoms. The third kappa shape index (κ3) is 2.90. The summed E-state index contributed by atoms with van der Waals surface area (Å²) in [6.07, 6.45) is 0. The molecule has 100 valence electrons.